The molecule has 0 bridgehead atoms. The van der Waals surface area contributed by atoms with Gasteiger partial charge < -0.3 is 5.32 Å². The molecule has 0 unspecified atom stereocenters. The maximum absolute atomic E-state index is 13.2. The first-order valence-corrected chi connectivity index (χ1v) is 11.0. The lowest BCUT2D eigenvalue weighted by atomic mass is 9.90. The van der Waals surface area contributed by atoms with E-state index >= 15 is 0 Å². The van der Waals surface area contributed by atoms with Gasteiger partial charge in [0.2, 0.25) is 15.7 Å². The van der Waals surface area contributed by atoms with Crippen molar-refractivity contribution in [1.82, 2.24) is 0 Å². The first-order chi connectivity index (χ1) is 12.9. The molecule has 1 N–H and O–H groups in total. The van der Waals surface area contributed by atoms with Gasteiger partial charge in [-0.2, -0.15) is 0 Å². The SMILES string of the molecule is Cc1ccc([C@@H]2CC(=O)Nc3c(S(=O)(=O)c4cccc(C)c4)csc32)cc1. The number of rotatable bonds is 3. The van der Waals surface area contributed by atoms with E-state index in [0.29, 0.717) is 12.1 Å². The van der Waals surface area contributed by atoms with Crippen LogP contribution in [0.1, 0.15) is 33.9 Å². The molecule has 27 heavy (non-hydrogen) atoms. The standard InChI is InChI=1S/C21H19NO3S2/c1-13-6-8-15(9-7-13)17-11-19(23)22-20-18(12-26-21(17)20)27(24,25)16-5-3-4-14(2)10-16/h3-10,12,17H,11H2,1-2H3,(H,22,23)/t17-/m0/s1. The number of carbonyl (C=O) groups is 1. The highest BCUT2D eigenvalue weighted by Crippen LogP contribution is 2.45. The molecule has 1 aliphatic rings. The highest BCUT2D eigenvalue weighted by Gasteiger charge is 2.34. The summed E-state index contributed by atoms with van der Waals surface area (Å²) >= 11 is 1.39. The summed E-state index contributed by atoms with van der Waals surface area (Å²) in [7, 11) is -3.70. The van der Waals surface area contributed by atoms with Gasteiger partial charge in [0.15, 0.2) is 0 Å². The Balaban J connectivity index is 1.83. The summed E-state index contributed by atoms with van der Waals surface area (Å²) in [6, 6.07) is 14.9. The zero-order valence-corrected chi connectivity index (χ0v) is 16.7. The van der Waals surface area contributed by atoms with Crippen LogP contribution >= 0.6 is 11.3 Å². The molecule has 2 aromatic carbocycles. The first kappa shape index (κ1) is 17.9. The van der Waals surface area contributed by atoms with E-state index in [2.05, 4.69) is 5.32 Å². The van der Waals surface area contributed by atoms with Gasteiger partial charge in [0, 0.05) is 22.6 Å². The lowest BCUT2D eigenvalue weighted by Gasteiger charge is -2.24. The second-order valence-electron chi connectivity index (χ2n) is 6.87. The molecule has 2 heterocycles. The van der Waals surface area contributed by atoms with E-state index in [9.17, 15) is 13.2 Å². The molecule has 1 atom stereocenters. The van der Waals surface area contributed by atoms with Crippen molar-refractivity contribution in [2.24, 2.45) is 0 Å². The van der Waals surface area contributed by atoms with Crippen molar-refractivity contribution >= 4 is 32.8 Å². The molecule has 1 amide bonds. The van der Waals surface area contributed by atoms with E-state index in [0.717, 1.165) is 21.6 Å². The lowest BCUT2D eigenvalue weighted by molar-refractivity contribution is -0.116. The van der Waals surface area contributed by atoms with Gasteiger partial charge in [0.05, 0.1) is 10.6 Å². The first-order valence-electron chi connectivity index (χ1n) is 8.66. The smallest absolute Gasteiger partial charge is 0.225 e. The van der Waals surface area contributed by atoms with Gasteiger partial charge in [-0.15, -0.1) is 11.3 Å². The molecule has 0 fully saturated rings. The predicted molar refractivity (Wildman–Crippen MR) is 107 cm³/mol. The number of nitrogens with one attached hydrogen (secondary N) is 1. The highest BCUT2D eigenvalue weighted by atomic mass is 32.2. The fourth-order valence-electron chi connectivity index (χ4n) is 3.38. The Morgan fingerprint density at radius 3 is 2.48 bits per heavy atom. The topological polar surface area (TPSA) is 63.2 Å². The number of thiophene rings is 1. The largest absolute Gasteiger partial charge is 0.324 e. The quantitative estimate of drug-likeness (QED) is 0.698. The van der Waals surface area contributed by atoms with E-state index in [4.69, 9.17) is 0 Å². The normalized spacial score (nSPS) is 16.7. The van der Waals surface area contributed by atoms with Crippen molar-refractivity contribution in [2.45, 2.75) is 36.0 Å². The zero-order chi connectivity index (χ0) is 19.2. The van der Waals surface area contributed by atoms with Gasteiger partial charge in [-0.05, 0) is 37.1 Å². The number of hydrogen-bond acceptors (Lipinski definition) is 4. The molecular formula is C21H19NO3S2. The molecule has 1 aliphatic heterocycles. The number of fused-ring (bicyclic) bond motifs is 1. The molecular weight excluding hydrogens is 378 g/mol. The van der Waals surface area contributed by atoms with Crippen molar-refractivity contribution in [3.63, 3.8) is 0 Å². The van der Waals surface area contributed by atoms with Crippen molar-refractivity contribution in [3.8, 4) is 0 Å². The third kappa shape index (κ3) is 3.19. The number of amides is 1. The molecule has 4 nitrogen and oxygen atoms in total. The van der Waals surface area contributed by atoms with Crippen LogP contribution in [0.25, 0.3) is 0 Å². The second kappa shape index (κ2) is 6.62. The van der Waals surface area contributed by atoms with E-state index < -0.39 is 9.84 Å². The highest BCUT2D eigenvalue weighted by molar-refractivity contribution is 7.91. The van der Waals surface area contributed by atoms with E-state index in [1.807, 2.05) is 44.2 Å². The number of benzene rings is 2. The molecule has 1 aromatic heterocycles. The Morgan fingerprint density at radius 1 is 1.04 bits per heavy atom. The maximum atomic E-state index is 13.2. The Morgan fingerprint density at radius 2 is 1.78 bits per heavy atom. The molecule has 0 aliphatic carbocycles. The van der Waals surface area contributed by atoms with Gasteiger partial charge in [0.25, 0.3) is 0 Å². The lowest BCUT2D eigenvalue weighted by Crippen LogP contribution is -2.23. The van der Waals surface area contributed by atoms with Crippen LogP contribution in [0, 0.1) is 13.8 Å². The fourth-order valence-corrected chi connectivity index (χ4v) is 6.39. The molecule has 3 aromatic rings. The zero-order valence-electron chi connectivity index (χ0n) is 15.0. The van der Waals surface area contributed by atoms with Crippen molar-refractivity contribution in [3.05, 3.63) is 75.5 Å². The Hall–Kier alpha value is -2.44. The van der Waals surface area contributed by atoms with Crippen LogP contribution in [0.5, 0.6) is 0 Å². The third-order valence-corrected chi connectivity index (χ3v) is 7.85. The number of anilines is 1. The van der Waals surface area contributed by atoms with Crippen molar-refractivity contribution in [1.29, 1.82) is 0 Å². The van der Waals surface area contributed by atoms with E-state index in [-0.39, 0.29) is 21.6 Å². The van der Waals surface area contributed by atoms with Crippen LogP contribution in [0.4, 0.5) is 5.69 Å². The van der Waals surface area contributed by atoms with Gasteiger partial charge in [-0.25, -0.2) is 8.42 Å². The average Bonchev–Trinajstić information content (AvgIpc) is 3.06. The van der Waals surface area contributed by atoms with Crippen LogP contribution in [-0.2, 0) is 14.6 Å². The van der Waals surface area contributed by atoms with Gasteiger partial charge in [0.1, 0.15) is 4.90 Å². The van der Waals surface area contributed by atoms with Crippen LogP contribution in [0.15, 0.2) is 63.7 Å². The minimum Gasteiger partial charge on any atom is -0.324 e. The van der Waals surface area contributed by atoms with Crippen LogP contribution in [-0.4, -0.2) is 14.3 Å². The Bertz CT molecular complexity index is 1130. The number of hydrogen-bond donors (Lipinski definition) is 1. The van der Waals surface area contributed by atoms with Crippen LogP contribution < -0.4 is 5.32 Å². The van der Waals surface area contributed by atoms with Crippen molar-refractivity contribution < 1.29 is 13.2 Å². The predicted octanol–water partition coefficient (Wildman–Crippen LogP) is 4.67. The summed E-state index contributed by atoms with van der Waals surface area (Å²) in [5, 5.41) is 4.45. The Labute approximate surface area is 162 Å². The molecule has 0 saturated heterocycles. The fraction of sp³-hybridized carbons (Fsp3) is 0.190. The van der Waals surface area contributed by atoms with Crippen LogP contribution in [0.2, 0.25) is 0 Å². The minimum atomic E-state index is -3.70. The summed E-state index contributed by atoms with van der Waals surface area (Å²) in [5.41, 5.74) is 3.48. The van der Waals surface area contributed by atoms with Gasteiger partial charge in [-0.3, -0.25) is 4.79 Å². The summed E-state index contributed by atoms with van der Waals surface area (Å²) in [4.78, 5) is 13.7. The third-order valence-electron chi connectivity index (χ3n) is 4.83. The van der Waals surface area contributed by atoms with Crippen molar-refractivity contribution in [2.75, 3.05) is 5.32 Å². The summed E-state index contributed by atoms with van der Waals surface area (Å²) in [5.74, 6) is -0.284. The summed E-state index contributed by atoms with van der Waals surface area (Å²) < 4.78 is 26.3. The molecule has 0 spiro atoms. The Kier molecular flexibility index (Phi) is 4.40. The maximum Gasteiger partial charge on any atom is 0.225 e. The van der Waals surface area contributed by atoms with Gasteiger partial charge >= 0.3 is 0 Å². The monoisotopic (exact) mass is 397 g/mol. The minimum absolute atomic E-state index is 0.124. The molecule has 4 rings (SSSR count). The summed E-state index contributed by atoms with van der Waals surface area (Å²) in [6.07, 6.45) is 0.320. The average molecular weight is 398 g/mol. The number of carbonyl (C=O) groups excluding carboxylic acids is 1. The molecule has 6 heteroatoms. The van der Waals surface area contributed by atoms with E-state index in [1.54, 1.807) is 23.6 Å². The van der Waals surface area contributed by atoms with Gasteiger partial charge in [-0.1, -0.05) is 42.0 Å². The second-order valence-corrected chi connectivity index (χ2v) is 9.70. The molecule has 138 valence electrons. The number of sulfone groups is 1. The van der Waals surface area contributed by atoms with Crippen LogP contribution in [0.3, 0.4) is 0 Å². The molecule has 0 saturated carbocycles. The number of aryl methyl sites for hydroxylation is 2. The molecule has 0 radical (unpaired) electrons. The summed E-state index contributed by atoms with van der Waals surface area (Å²) in [6.45, 7) is 3.87. The van der Waals surface area contributed by atoms with E-state index in [1.165, 1.54) is 11.3 Å².